The molecule has 2 fully saturated rings. The fourth-order valence-corrected chi connectivity index (χ4v) is 5.21. The minimum absolute atomic E-state index is 0.0450. The van der Waals surface area contributed by atoms with Crippen molar-refractivity contribution in [3.8, 4) is 17.4 Å². The molecule has 1 amide bonds. The van der Waals surface area contributed by atoms with Crippen LogP contribution in [-0.4, -0.2) is 52.3 Å². The molecule has 7 heteroatoms. The van der Waals surface area contributed by atoms with Gasteiger partial charge in [0.2, 0.25) is 12.7 Å². The number of carbonyl (C=O) groups is 1. The van der Waals surface area contributed by atoms with Crippen LogP contribution in [0.3, 0.4) is 0 Å². The van der Waals surface area contributed by atoms with E-state index in [1.165, 1.54) is 0 Å². The number of aromatic nitrogens is 1. The third kappa shape index (κ3) is 2.76. The van der Waals surface area contributed by atoms with Crippen molar-refractivity contribution in [3.63, 3.8) is 0 Å². The lowest BCUT2D eigenvalue weighted by molar-refractivity contribution is 0.0515. The Morgan fingerprint density at radius 2 is 2.12 bits per heavy atom. The average Bonchev–Trinajstić information content (AvgIpc) is 3.27. The van der Waals surface area contributed by atoms with Crippen LogP contribution in [0.4, 0.5) is 0 Å². The molecule has 0 bridgehead atoms. The van der Waals surface area contributed by atoms with Crippen molar-refractivity contribution in [1.29, 1.82) is 0 Å². The van der Waals surface area contributed by atoms with Gasteiger partial charge in [0, 0.05) is 43.1 Å². The van der Waals surface area contributed by atoms with Crippen LogP contribution in [0.15, 0.2) is 42.6 Å². The number of nitrogens with zero attached hydrogens (tertiary/aromatic N) is 2. The maximum atomic E-state index is 12.7. The Morgan fingerprint density at radius 1 is 1.23 bits per heavy atom. The van der Waals surface area contributed by atoms with Gasteiger partial charge in [0.15, 0.2) is 11.5 Å². The molecule has 0 N–H and O–H groups in total. The summed E-state index contributed by atoms with van der Waals surface area (Å²) in [5.41, 5.74) is 0.647. The van der Waals surface area contributed by atoms with Gasteiger partial charge in [-0.05, 0) is 24.3 Å². The Morgan fingerprint density at radius 3 is 2.96 bits per heavy atom. The summed E-state index contributed by atoms with van der Waals surface area (Å²) in [6.45, 7) is 1.73. The first-order valence-corrected chi connectivity index (χ1v) is 9.60. The quantitative estimate of drug-likeness (QED) is 0.828. The Hall–Kier alpha value is -2.41. The summed E-state index contributed by atoms with van der Waals surface area (Å²) in [6, 6.07) is 11.1. The average molecular weight is 370 g/mol. The number of carbonyl (C=O) groups excluding carboxylic acids is 1. The maximum absolute atomic E-state index is 12.7. The van der Waals surface area contributed by atoms with E-state index in [4.69, 9.17) is 14.2 Å². The number of pyridine rings is 1. The zero-order valence-corrected chi connectivity index (χ0v) is 14.9. The van der Waals surface area contributed by atoms with Gasteiger partial charge in [0.25, 0.3) is 5.91 Å². The first kappa shape index (κ1) is 15.8. The number of benzene rings is 1. The molecule has 0 radical (unpaired) electrons. The van der Waals surface area contributed by atoms with Crippen LogP contribution >= 0.6 is 11.8 Å². The number of hydrogen-bond acceptors (Lipinski definition) is 6. The maximum Gasteiger partial charge on any atom is 0.254 e. The molecule has 1 aromatic carbocycles. The third-order valence-corrected chi connectivity index (χ3v) is 6.54. The third-order valence-electron chi connectivity index (χ3n) is 4.97. The van der Waals surface area contributed by atoms with Crippen LogP contribution in [0, 0.1) is 0 Å². The fraction of sp³-hybridized carbons (Fsp3) is 0.368. The minimum atomic E-state index is 0.0450. The van der Waals surface area contributed by atoms with Crippen molar-refractivity contribution in [2.45, 2.75) is 17.3 Å². The van der Waals surface area contributed by atoms with E-state index in [-0.39, 0.29) is 23.6 Å². The van der Waals surface area contributed by atoms with Crippen LogP contribution in [0.5, 0.6) is 17.4 Å². The van der Waals surface area contributed by atoms with Crippen LogP contribution in [-0.2, 0) is 0 Å². The molecule has 26 heavy (non-hydrogen) atoms. The second-order valence-corrected chi connectivity index (χ2v) is 8.32. The van der Waals surface area contributed by atoms with E-state index >= 15 is 0 Å². The smallest absolute Gasteiger partial charge is 0.254 e. The number of likely N-dealkylation sites (tertiary alicyclic amines) is 1. The topological polar surface area (TPSA) is 60.9 Å². The molecule has 1 atom stereocenters. The second-order valence-electron chi connectivity index (χ2n) is 6.84. The highest BCUT2D eigenvalue weighted by Gasteiger charge is 2.51. The fourth-order valence-electron chi connectivity index (χ4n) is 3.69. The zero-order valence-electron chi connectivity index (χ0n) is 14.1. The molecule has 5 rings (SSSR count). The summed E-state index contributed by atoms with van der Waals surface area (Å²) in [4.78, 5) is 18.8. The van der Waals surface area contributed by atoms with Gasteiger partial charge in [-0.2, -0.15) is 0 Å². The molecule has 1 aromatic heterocycles. The van der Waals surface area contributed by atoms with E-state index in [0.29, 0.717) is 22.9 Å². The Labute approximate surface area is 155 Å². The van der Waals surface area contributed by atoms with Gasteiger partial charge in [0.05, 0.1) is 4.75 Å². The molecule has 3 aliphatic rings. The first-order chi connectivity index (χ1) is 12.7. The molecule has 1 unspecified atom stereocenters. The van der Waals surface area contributed by atoms with Gasteiger partial charge in [-0.1, -0.05) is 6.07 Å². The molecule has 4 heterocycles. The Bertz CT molecular complexity index is 839. The zero-order chi connectivity index (χ0) is 17.6. The Kier molecular flexibility index (Phi) is 3.70. The second kappa shape index (κ2) is 6.09. The lowest BCUT2D eigenvalue weighted by atomic mass is 9.92. The van der Waals surface area contributed by atoms with Gasteiger partial charge in [-0.25, -0.2) is 4.98 Å². The SMILES string of the molecule is O=C(c1ccc2c(c1)OCO2)N1CC2(CC(Oc3ccccn3)CS2)C1. The summed E-state index contributed by atoms with van der Waals surface area (Å²) in [7, 11) is 0. The van der Waals surface area contributed by atoms with E-state index < -0.39 is 0 Å². The van der Waals surface area contributed by atoms with Crippen molar-refractivity contribution < 1.29 is 19.0 Å². The molecule has 1 spiro atoms. The normalized spacial score (nSPS) is 22.3. The molecular weight excluding hydrogens is 352 g/mol. The number of amides is 1. The molecule has 0 aliphatic carbocycles. The van der Waals surface area contributed by atoms with Gasteiger partial charge >= 0.3 is 0 Å². The Balaban J connectivity index is 1.20. The highest BCUT2D eigenvalue weighted by atomic mass is 32.2. The largest absolute Gasteiger partial charge is 0.473 e. The number of hydrogen-bond donors (Lipinski definition) is 0. The molecule has 2 saturated heterocycles. The van der Waals surface area contributed by atoms with E-state index in [1.807, 2.05) is 34.9 Å². The van der Waals surface area contributed by atoms with Crippen molar-refractivity contribution in [2.24, 2.45) is 0 Å². The molecule has 6 nitrogen and oxygen atoms in total. The van der Waals surface area contributed by atoms with Crippen LogP contribution < -0.4 is 14.2 Å². The van der Waals surface area contributed by atoms with Crippen molar-refractivity contribution >= 4 is 17.7 Å². The highest BCUT2D eigenvalue weighted by molar-refractivity contribution is 8.01. The van der Waals surface area contributed by atoms with E-state index in [0.717, 1.165) is 25.3 Å². The van der Waals surface area contributed by atoms with E-state index in [1.54, 1.807) is 24.4 Å². The van der Waals surface area contributed by atoms with Gasteiger partial charge < -0.3 is 19.1 Å². The standard InChI is InChI=1S/C19H18N2O4S/c22-18(13-4-5-15-16(7-13)24-12-23-15)21-10-19(11-21)8-14(9-26-19)25-17-3-1-2-6-20-17/h1-7,14H,8-12H2. The first-order valence-electron chi connectivity index (χ1n) is 8.61. The summed E-state index contributed by atoms with van der Waals surface area (Å²) in [5, 5.41) is 0. The summed E-state index contributed by atoms with van der Waals surface area (Å²) in [5.74, 6) is 2.99. The summed E-state index contributed by atoms with van der Waals surface area (Å²) < 4.78 is 16.8. The van der Waals surface area contributed by atoms with Gasteiger partial charge in [-0.15, -0.1) is 11.8 Å². The molecule has 2 aromatic rings. The van der Waals surface area contributed by atoms with Crippen molar-refractivity contribution in [3.05, 3.63) is 48.2 Å². The van der Waals surface area contributed by atoms with E-state index in [2.05, 4.69) is 4.98 Å². The molecule has 3 aliphatic heterocycles. The predicted molar refractivity (Wildman–Crippen MR) is 96.9 cm³/mol. The van der Waals surface area contributed by atoms with Gasteiger partial charge in [-0.3, -0.25) is 4.79 Å². The summed E-state index contributed by atoms with van der Waals surface area (Å²) >= 11 is 1.90. The molecule has 0 saturated carbocycles. The van der Waals surface area contributed by atoms with Gasteiger partial charge in [0.1, 0.15) is 6.10 Å². The molecule has 134 valence electrons. The number of thioether (sulfide) groups is 1. The van der Waals surface area contributed by atoms with Crippen LogP contribution in [0.1, 0.15) is 16.8 Å². The van der Waals surface area contributed by atoms with Crippen LogP contribution in [0.25, 0.3) is 0 Å². The summed E-state index contributed by atoms with van der Waals surface area (Å²) in [6.07, 6.45) is 2.83. The monoisotopic (exact) mass is 370 g/mol. The number of ether oxygens (including phenoxy) is 3. The van der Waals surface area contributed by atoms with Crippen molar-refractivity contribution in [2.75, 3.05) is 25.6 Å². The van der Waals surface area contributed by atoms with Crippen LogP contribution in [0.2, 0.25) is 0 Å². The lowest BCUT2D eigenvalue weighted by Gasteiger charge is -2.47. The minimum Gasteiger partial charge on any atom is -0.473 e. The number of rotatable bonds is 3. The van der Waals surface area contributed by atoms with Crippen molar-refractivity contribution in [1.82, 2.24) is 9.88 Å². The number of fused-ring (bicyclic) bond motifs is 1. The highest BCUT2D eigenvalue weighted by Crippen LogP contribution is 2.46. The van der Waals surface area contributed by atoms with E-state index in [9.17, 15) is 4.79 Å². The molecular formula is C19H18N2O4S. The predicted octanol–water partition coefficient (Wildman–Crippen LogP) is 2.59. The lowest BCUT2D eigenvalue weighted by Crippen LogP contribution is -2.60.